The molecule has 8 heteroatoms. The Kier molecular flexibility index (Phi) is 6.13. The zero-order valence-corrected chi connectivity index (χ0v) is 20.9. The van der Waals surface area contributed by atoms with Crippen LogP contribution in [0.25, 0.3) is 11.0 Å². The van der Waals surface area contributed by atoms with Crippen molar-refractivity contribution in [3.8, 4) is 17.6 Å². The average Bonchev–Trinajstić information content (AvgIpc) is 3.19. The Balaban J connectivity index is 1.49. The average molecular weight is 519 g/mol. The number of nitrogens with zero attached hydrogens (tertiary/aromatic N) is 1. The van der Waals surface area contributed by atoms with Crippen LogP contribution in [0, 0.1) is 18.3 Å². The largest absolute Gasteiger partial charge is 0.449 e. The zero-order valence-electron chi connectivity index (χ0n) is 19.4. The maximum absolute atomic E-state index is 13.0. The van der Waals surface area contributed by atoms with E-state index in [4.69, 9.17) is 42.8 Å². The molecule has 4 aromatic rings. The van der Waals surface area contributed by atoms with Gasteiger partial charge in [-0.2, -0.15) is 5.26 Å². The van der Waals surface area contributed by atoms with E-state index in [9.17, 15) is 10.1 Å². The molecule has 0 radical (unpaired) electrons. The molecular formula is C28H20Cl2N2O4. The lowest BCUT2D eigenvalue weighted by atomic mass is 9.83. The number of nitriles is 1. The summed E-state index contributed by atoms with van der Waals surface area (Å²) in [7, 11) is 0. The number of furan rings is 1. The summed E-state index contributed by atoms with van der Waals surface area (Å²) in [5.41, 5.74) is 10.1. The van der Waals surface area contributed by atoms with E-state index in [1.54, 1.807) is 36.4 Å². The zero-order chi connectivity index (χ0) is 25.6. The second kappa shape index (κ2) is 9.27. The first-order valence-electron chi connectivity index (χ1n) is 11.2. The molecule has 0 saturated carbocycles. The third kappa shape index (κ3) is 4.07. The number of hydrogen-bond donors (Lipinski definition) is 1. The molecule has 5 rings (SSSR count). The molecular weight excluding hydrogens is 499 g/mol. The minimum Gasteiger partial charge on any atom is -0.449 e. The van der Waals surface area contributed by atoms with E-state index in [-0.39, 0.29) is 23.0 Å². The molecule has 2 N–H and O–H groups in total. The van der Waals surface area contributed by atoms with E-state index < -0.39 is 11.9 Å². The first kappa shape index (κ1) is 23.8. The molecule has 1 aliphatic heterocycles. The predicted molar refractivity (Wildman–Crippen MR) is 137 cm³/mol. The van der Waals surface area contributed by atoms with Crippen molar-refractivity contribution in [3.05, 3.63) is 104 Å². The third-order valence-corrected chi connectivity index (χ3v) is 6.83. The van der Waals surface area contributed by atoms with Gasteiger partial charge in [-0.15, -0.1) is 0 Å². The second-order valence-corrected chi connectivity index (χ2v) is 9.26. The van der Waals surface area contributed by atoms with Gasteiger partial charge in [0.2, 0.25) is 11.6 Å². The van der Waals surface area contributed by atoms with Gasteiger partial charge in [0.1, 0.15) is 28.7 Å². The predicted octanol–water partition coefficient (Wildman–Crippen LogP) is 7.05. The molecule has 2 heterocycles. The van der Waals surface area contributed by atoms with Crippen molar-refractivity contribution < 1.29 is 18.7 Å². The Labute approximate surface area is 217 Å². The quantitative estimate of drug-likeness (QED) is 0.229. The lowest BCUT2D eigenvalue weighted by Gasteiger charge is -2.27. The highest BCUT2D eigenvalue weighted by atomic mass is 35.5. The van der Waals surface area contributed by atoms with Crippen molar-refractivity contribution in [2.45, 2.75) is 26.2 Å². The van der Waals surface area contributed by atoms with Crippen molar-refractivity contribution in [2.24, 2.45) is 5.73 Å². The van der Waals surface area contributed by atoms with Gasteiger partial charge < -0.3 is 19.6 Å². The number of ether oxygens (including phenoxy) is 2. The number of carbonyl (C=O) groups is 1. The van der Waals surface area contributed by atoms with Crippen LogP contribution in [0.1, 0.15) is 45.7 Å². The fourth-order valence-corrected chi connectivity index (χ4v) is 4.91. The Morgan fingerprint density at radius 2 is 1.89 bits per heavy atom. The van der Waals surface area contributed by atoms with Crippen LogP contribution in [0.4, 0.5) is 0 Å². The molecule has 36 heavy (non-hydrogen) atoms. The van der Waals surface area contributed by atoms with Crippen LogP contribution < -0.4 is 15.2 Å². The van der Waals surface area contributed by atoms with Gasteiger partial charge in [0.25, 0.3) is 0 Å². The van der Waals surface area contributed by atoms with Gasteiger partial charge in [0.05, 0.1) is 5.92 Å². The first-order valence-corrected chi connectivity index (χ1v) is 12.0. The summed E-state index contributed by atoms with van der Waals surface area (Å²) >= 11 is 12.5. The molecule has 1 aliphatic rings. The van der Waals surface area contributed by atoms with E-state index in [0.29, 0.717) is 38.1 Å². The molecule has 0 amide bonds. The van der Waals surface area contributed by atoms with Crippen LogP contribution in [0.2, 0.25) is 10.0 Å². The van der Waals surface area contributed by atoms with Crippen molar-refractivity contribution in [1.29, 1.82) is 5.26 Å². The molecule has 0 spiro atoms. The molecule has 0 bridgehead atoms. The maximum Gasteiger partial charge on any atom is 0.379 e. The highest BCUT2D eigenvalue weighted by Gasteiger charge is 2.32. The molecule has 0 fully saturated rings. The lowest BCUT2D eigenvalue weighted by molar-refractivity contribution is 0.0702. The van der Waals surface area contributed by atoms with Gasteiger partial charge in [0, 0.05) is 32.6 Å². The number of hydrogen-bond acceptors (Lipinski definition) is 6. The molecule has 6 nitrogen and oxygen atoms in total. The number of benzene rings is 3. The van der Waals surface area contributed by atoms with Crippen LogP contribution in [0.5, 0.6) is 11.5 Å². The van der Waals surface area contributed by atoms with Gasteiger partial charge in [-0.1, -0.05) is 48.3 Å². The summed E-state index contributed by atoms with van der Waals surface area (Å²) in [6, 6.07) is 17.9. The molecule has 1 unspecified atom stereocenters. The summed E-state index contributed by atoms with van der Waals surface area (Å²) in [6.45, 7) is 3.89. The Hall–Kier alpha value is -3.92. The summed E-state index contributed by atoms with van der Waals surface area (Å²) in [4.78, 5) is 13.0. The highest BCUT2D eigenvalue weighted by Crippen LogP contribution is 2.45. The summed E-state index contributed by atoms with van der Waals surface area (Å²) in [5.74, 6) is -0.531. The van der Waals surface area contributed by atoms with Gasteiger partial charge >= 0.3 is 5.97 Å². The van der Waals surface area contributed by atoms with Crippen molar-refractivity contribution in [2.75, 3.05) is 0 Å². The number of allylic oxidation sites excluding steroid dienone is 1. The standard InChI is InChI=1S/C28H20Cl2N2O4/c1-3-15-4-9-23-20(10-15)14(2)26(35-23)28(33)34-17-6-8-19-24(12-17)36-27(32)21(13-31)25(19)18-7-5-16(29)11-22(18)30/h4-12,25H,3,32H2,1-2H3. The molecule has 0 saturated heterocycles. The molecule has 1 atom stereocenters. The molecule has 180 valence electrons. The van der Waals surface area contributed by atoms with E-state index in [1.165, 1.54) is 0 Å². The molecule has 1 aromatic heterocycles. The van der Waals surface area contributed by atoms with Crippen LogP contribution in [0.15, 0.2) is 70.5 Å². The molecule has 3 aromatic carbocycles. The third-order valence-electron chi connectivity index (χ3n) is 6.27. The summed E-state index contributed by atoms with van der Waals surface area (Å²) < 4.78 is 17.1. The van der Waals surface area contributed by atoms with Gasteiger partial charge in [-0.3, -0.25) is 0 Å². The van der Waals surface area contributed by atoms with Gasteiger partial charge in [-0.25, -0.2) is 4.79 Å². The van der Waals surface area contributed by atoms with Crippen LogP contribution >= 0.6 is 23.2 Å². The van der Waals surface area contributed by atoms with Crippen LogP contribution in [-0.4, -0.2) is 5.97 Å². The topological polar surface area (TPSA) is 98.5 Å². The highest BCUT2D eigenvalue weighted by molar-refractivity contribution is 6.35. The number of carbonyl (C=O) groups excluding carboxylic acids is 1. The Morgan fingerprint density at radius 1 is 1.11 bits per heavy atom. The Morgan fingerprint density at radius 3 is 2.61 bits per heavy atom. The van der Waals surface area contributed by atoms with E-state index in [2.05, 4.69) is 13.0 Å². The normalized spacial score (nSPS) is 14.8. The number of aryl methyl sites for hydroxylation is 2. The van der Waals surface area contributed by atoms with E-state index in [1.807, 2.05) is 25.1 Å². The SMILES string of the molecule is CCc1ccc2oc(C(=O)Oc3ccc4c(c3)OC(N)=C(C#N)C4c3ccc(Cl)cc3Cl)c(C)c2c1. The minimum atomic E-state index is -0.629. The number of esters is 1. The van der Waals surface area contributed by atoms with E-state index in [0.717, 1.165) is 17.4 Å². The minimum absolute atomic E-state index is 0.0515. The molecule has 0 aliphatic carbocycles. The number of fused-ring (bicyclic) bond motifs is 2. The number of rotatable bonds is 4. The second-order valence-electron chi connectivity index (χ2n) is 8.42. The first-order chi connectivity index (χ1) is 17.3. The fraction of sp³-hybridized carbons (Fsp3) is 0.143. The lowest BCUT2D eigenvalue weighted by Crippen LogP contribution is -2.21. The van der Waals surface area contributed by atoms with Crippen molar-refractivity contribution >= 4 is 40.1 Å². The summed E-state index contributed by atoms with van der Waals surface area (Å²) in [5, 5.41) is 11.5. The van der Waals surface area contributed by atoms with Crippen molar-refractivity contribution in [3.63, 3.8) is 0 Å². The van der Waals surface area contributed by atoms with Crippen molar-refractivity contribution in [1.82, 2.24) is 0 Å². The van der Waals surface area contributed by atoms with Crippen LogP contribution in [0.3, 0.4) is 0 Å². The Bertz CT molecular complexity index is 1610. The fourth-order valence-electron chi connectivity index (χ4n) is 4.39. The van der Waals surface area contributed by atoms with E-state index >= 15 is 0 Å². The summed E-state index contributed by atoms with van der Waals surface area (Å²) in [6.07, 6.45) is 0.878. The number of halogens is 2. The van der Waals surface area contributed by atoms with Gasteiger partial charge in [0.15, 0.2) is 0 Å². The van der Waals surface area contributed by atoms with Gasteiger partial charge in [-0.05, 0) is 54.8 Å². The number of nitrogens with two attached hydrogens (primary N) is 1. The monoisotopic (exact) mass is 518 g/mol. The van der Waals surface area contributed by atoms with Crippen LogP contribution in [-0.2, 0) is 6.42 Å². The maximum atomic E-state index is 13.0. The smallest absolute Gasteiger partial charge is 0.379 e.